The number of hydrogen-bond acceptors (Lipinski definition) is 8. The second-order valence-corrected chi connectivity index (χ2v) is 7.52. The third-order valence-electron chi connectivity index (χ3n) is 4.75. The van der Waals surface area contributed by atoms with Gasteiger partial charge in [0.25, 0.3) is 5.91 Å². The highest BCUT2D eigenvalue weighted by atomic mass is 16.6. The Morgan fingerprint density at radius 3 is 2.50 bits per heavy atom. The number of pyridine rings is 1. The van der Waals surface area contributed by atoms with Gasteiger partial charge in [-0.3, -0.25) is 19.4 Å². The van der Waals surface area contributed by atoms with Crippen molar-refractivity contribution in [3.63, 3.8) is 0 Å². The third kappa shape index (κ3) is 5.54. The molecule has 30 heavy (non-hydrogen) atoms. The van der Waals surface area contributed by atoms with Gasteiger partial charge in [0.1, 0.15) is 0 Å². The zero-order valence-electron chi connectivity index (χ0n) is 17.6. The highest BCUT2D eigenvalue weighted by Crippen LogP contribution is 2.30. The van der Waals surface area contributed by atoms with Crippen LogP contribution in [-0.2, 0) is 30.2 Å². The van der Waals surface area contributed by atoms with Crippen molar-refractivity contribution < 1.29 is 28.6 Å². The number of ether oxygens (including phenoxy) is 3. The second-order valence-electron chi connectivity index (χ2n) is 7.52. The molecule has 2 heterocycles. The molecule has 1 amide bonds. The Bertz CT molecular complexity index is 796. The first-order chi connectivity index (χ1) is 14.3. The molecule has 9 nitrogen and oxygen atoms in total. The normalized spacial score (nSPS) is 15.8. The van der Waals surface area contributed by atoms with Crippen LogP contribution in [0.15, 0.2) is 18.3 Å². The topological polar surface area (TPSA) is 119 Å². The fraction of sp³-hybridized carbons (Fsp3) is 0.571. The number of hydrogen-bond donors (Lipinski definition) is 0. The number of carbonyl (C=O) groups excluding carboxylic acids is 3. The van der Waals surface area contributed by atoms with Gasteiger partial charge in [0.15, 0.2) is 5.41 Å². The molecule has 1 fully saturated rings. The van der Waals surface area contributed by atoms with Gasteiger partial charge in [-0.1, -0.05) is 13.8 Å². The van der Waals surface area contributed by atoms with Gasteiger partial charge in [-0.2, -0.15) is 5.26 Å². The SMILES string of the molecule is COC(=O)C(CC#N)(Cc1ccc(C(=O)N2CCOCC2)cn1)C(=O)OCC(C)C. The summed E-state index contributed by atoms with van der Waals surface area (Å²) < 4.78 is 15.3. The van der Waals surface area contributed by atoms with Crippen LogP contribution in [0, 0.1) is 22.7 Å². The van der Waals surface area contributed by atoms with E-state index in [1.54, 1.807) is 17.0 Å². The van der Waals surface area contributed by atoms with Crippen molar-refractivity contribution in [2.45, 2.75) is 26.7 Å². The molecule has 0 aliphatic carbocycles. The maximum Gasteiger partial charge on any atom is 0.324 e. The van der Waals surface area contributed by atoms with E-state index in [0.29, 0.717) is 37.6 Å². The van der Waals surface area contributed by atoms with Gasteiger partial charge >= 0.3 is 11.9 Å². The van der Waals surface area contributed by atoms with Crippen LogP contribution in [0.3, 0.4) is 0 Å². The summed E-state index contributed by atoms with van der Waals surface area (Å²) in [6, 6.07) is 5.04. The van der Waals surface area contributed by atoms with Crippen molar-refractivity contribution in [2.75, 3.05) is 40.0 Å². The van der Waals surface area contributed by atoms with Crippen molar-refractivity contribution in [1.29, 1.82) is 5.26 Å². The molecule has 1 aromatic rings. The Kier molecular flexibility index (Phi) is 8.30. The van der Waals surface area contributed by atoms with E-state index in [4.69, 9.17) is 14.2 Å². The quantitative estimate of drug-likeness (QED) is 0.460. The van der Waals surface area contributed by atoms with Crippen molar-refractivity contribution in [1.82, 2.24) is 9.88 Å². The van der Waals surface area contributed by atoms with E-state index in [0.717, 1.165) is 7.11 Å². The number of rotatable bonds is 8. The standard InChI is InChI=1S/C21H27N3O6/c1-15(2)14-30-20(27)21(6-7-22,19(26)28-3)12-17-5-4-16(13-23-17)18(25)24-8-10-29-11-9-24/h4-5,13,15H,6,8-12,14H2,1-3H3. The molecule has 0 spiro atoms. The highest BCUT2D eigenvalue weighted by molar-refractivity contribution is 6.00. The number of esters is 2. The molecule has 0 saturated carbocycles. The molecule has 162 valence electrons. The summed E-state index contributed by atoms with van der Waals surface area (Å²) >= 11 is 0. The van der Waals surface area contributed by atoms with Gasteiger partial charge < -0.3 is 19.1 Å². The number of carbonyl (C=O) groups is 3. The molecule has 2 rings (SSSR count). The molecule has 0 N–H and O–H groups in total. The Morgan fingerprint density at radius 2 is 1.97 bits per heavy atom. The van der Waals surface area contributed by atoms with E-state index in [9.17, 15) is 19.6 Å². The van der Waals surface area contributed by atoms with E-state index in [1.165, 1.54) is 6.20 Å². The molecule has 0 radical (unpaired) electrons. The van der Waals surface area contributed by atoms with E-state index < -0.39 is 23.8 Å². The van der Waals surface area contributed by atoms with E-state index >= 15 is 0 Å². The summed E-state index contributed by atoms with van der Waals surface area (Å²) in [5.74, 6) is -1.77. The lowest BCUT2D eigenvalue weighted by atomic mass is 9.80. The third-order valence-corrected chi connectivity index (χ3v) is 4.75. The molecule has 0 aromatic carbocycles. The monoisotopic (exact) mass is 417 g/mol. The zero-order chi connectivity index (χ0) is 22.1. The van der Waals surface area contributed by atoms with Crippen molar-refractivity contribution in [2.24, 2.45) is 11.3 Å². The molecule has 1 aliphatic rings. The van der Waals surface area contributed by atoms with Crippen LogP contribution < -0.4 is 0 Å². The fourth-order valence-electron chi connectivity index (χ4n) is 3.06. The number of nitrogens with zero attached hydrogens (tertiary/aromatic N) is 3. The van der Waals surface area contributed by atoms with Crippen LogP contribution in [0.1, 0.15) is 36.3 Å². The van der Waals surface area contributed by atoms with E-state index in [-0.39, 0.29) is 24.9 Å². The summed E-state index contributed by atoms with van der Waals surface area (Å²) in [7, 11) is 1.15. The van der Waals surface area contributed by atoms with Gasteiger partial charge in [-0.25, -0.2) is 0 Å². The predicted octanol–water partition coefficient (Wildman–Crippen LogP) is 1.37. The number of aromatic nitrogens is 1. The Labute approximate surface area is 175 Å². The second kappa shape index (κ2) is 10.7. The number of amides is 1. The highest BCUT2D eigenvalue weighted by Gasteiger charge is 2.49. The van der Waals surface area contributed by atoms with Crippen molar-refractivity contribution in [3.05, 3.63) is 29.6 Å². The smallest absolute Gasteiger partial charge is 0.324 e. The average molecular weight is 417 g/mol. The van der Waals surface area contributed by atoms with Crippen molar-refractivity contribution >= 4 is 17.8 Å². The molecule has 1 atom stereocenters. The molecular weight excluding hydrogens is 390 g/mol. The predicted molar refractivity (Wildman–Crippen MR) is 105 cm³/mol. The van der Waals surface area contributed by atoms with Gasteiger partial charge in [0, 0.05) is 31.4 Å². The average Bonchev–Trinajstić information content (AvgIpc) is 2.77. The summed E-state index contributed by atoms with van der Waals surface area (Å²) in [6.07, 6.45) is 0.823. The Hall–Kier alpha value is -2.99. The molecule has 0 bridgehead atoms. The van der Waals surface area contributed by atoms with E-state index in [2.05, 4.69) is 4.98 Å². The molecule has 1 aliphatic heterocycles. The summed E-state index contributed by atoms with van der Waals surface area (Å²) in [4.78, 5) is 43.8. The molecule has 9 heteroatoms. The summed E-state index contributed by atoms with van der Waals surface area (Å²) in [5.41, 5.74) is -1.05. The van der Waals surface area contributed by atoms with Crippen LogP contribution in [0.2, 0.25) is 0 Å². The number of morpholine rings is 1. The van der Waals surface area contributed by atoms with Crippen LogP contribution in [0.25, 0.3) is 0 Å². The molecule has 1 unspecified atom stereocenters. The Balaban J connectivity index is 2.23. The largest absolute Gasteiger partial charge is 0.468 e. The lowest BCUT2D eigenvalue weighted by Gasteiger charge is -2.27. The first-order valence-corrected chi connectivity index (χ1v) is 9.78. The van der Waals surface area contributed by atoms with Gasteiger partial charge in [-0.15, -0.1) is 0 Å². The lowest BCUT2D eigenvalue weighted by Crippen LogP contribution is -2.44. The van der Waals surface area contributed by atoms with Gasteiger partial charge in [-0.05, 0) is 18.1 Å². The lowest BCUT2D eigenvalue weighted by molar-refractivity contribution is -0.171. The van der Waals surface area contributed by atoms with Crippen LogP contribution in [0.4, 0.5) is 0 Å². The van der Waals surface area contributed by atoms with E-state index in [1.807, 2.05) is 19.9 Å². The summed E-state index contributed by atoms with van der Waals surface area (Å²) in [5, 5.41) is 9.27. The maximum absolute atomic E-state index is 12.8. The minimum absolute atomic E-state index is 0.0648. The van der Waals surface area contributed by atoms with Crippen molar-refractivity contribution in [3.8, 4) is 6.07 Å². The fourth-order valence-corrected chi connectivity index (χ4v) is 3.06. The van der Waals surface area contributed by atoms with Crippen LogP contribution in [0.5, 0.6) is 0 Å². The first kappa shape index (κ1) is 23.3. The number of nitriles is 1. The van der Waals surface area contributed by atoms with Crippen LogP contribution in [-0.4, -0.2) is 67.7 Å². The molecule has 1 aromatic heterocycles. The minimum Gasteiger partial charge on any atom is -0.468 e. The minimum atomic E-state index is -1.82. The maximum atomic E-state index is 12.8. The summed E-state index contributed by atoms with van der Waals surface area (Å²) in [6.45, 7) is 5.85. The van der Waals surface area contributed by atoms with Gasteiger partial charge in [0.05, 0.1) is 45.0 Å². The molecular formula is C21H27N3O6. The first-order valence-electron chi connectivity index (χ1n) is 9.78. The van der Waals surface area contributed by atoms with Crippen LogP contribution >= 0.6 is 0 Å². The van der Waals surface area contributed by atoms with Gasteiger partial charge in [0.2, 0.25) is 0 Å². The zero-order valence-corrected chi connectivity index (χ0v) is 17.6. The Morgan fingerprint density at radius 1 is 1.27 bits per heavy atom. The number of methoxy groups -OCH3 is 1. The molecule has 1 saturated heterocycles.